The Morgan fingerprint density at radius 3 is 2.41 bits per heavy atom. The minimum absolute atomic E-state index is 0.00956. The molecule has 0 saturated carbocycles. The molecule has 2 aliphatic rings. The molecule has 0 spiro atoms. The molecule has 1 amide bonds. The summed E-state index contributed by atoms with van der Waals surface area (Å²) in [6, 6.07) is 11.5. The van der Waals surface area contributed by atoms with Gasteiger partial charge in [0.05, 0.1) is 0 Å². The maximum Gasteiger partial charge on any atom is 0.246 e. The van der Waals surface area contributed by atoms with Gasteiger partial charge in [0.15, 0.2) is 11.5 Å². The molecule has 0 bridgehead atoms. The molecule has 1 fully saturated rings. The molecule has 0 radical (unpaired) electrons. The number of piperazine rings is 1. The molecule has 0 aromatic heterocycles. The first kappa shape index (κ1) is 18.2. The van der Waals surface area contributed by atoms with Crippen LogP contribution in [0.5, 0.6) is 11.5 Å². The molecule has 2 aromatic rings. The molecular formula is C20H18BrClN2O3. The quantitative estimate of drug-likeness (QED) is 0.659. The number of carbonyl (C=O) groups is 1. The summed E-state index contributed by atoms with van der Waals surface area (Å²) in [6.07, 6.45) is 3.42. The van der Waals surface area contributed by atoms with Gasteiger partial charge in [0, 0.05) is 47.4 Å². The maximum absolute atomic E-state index is 12.5. The number of fused-ring (bicyclic) bond motifs is 1. The van der Waals surface area contributed by atoms with Gasteiger partial charge in [0.25, 0.3) is 0 Å². The number of rotatable bonds is 3. The Bertz CT molecular complexity index is 878. The fourth-order valence-electron chi connectivity index (χ4n) is 3.16. The van der Waals surface area contributed by atoms with Crippen LogP contribution in [-0.4, -0.2) is 43.8 Å². The Kier molecular flexibility index (Phi) is 5.27. The van der Waals surface area contributed by atoms with E-state index in [1.807, 2.05) is 41.3 Å². The zero-order valence-electron chi connectivity index (χ0n) is 14.5. The van der Waals surface area contributed by atoms with Crippen molar-refractivity contribution < 1.29 is 14.3 Å². The number of anilines is 1. The van der Waals surface area contributed by atoms with Gasteiger partial charge < -0.3 is 19.3 Å². The van der Waals surface area contributed by atoms with Gasteiger partial charge in [-0.2, -0.15) is 0 Å². The van der Waals surface area contributed by atoms with Crippen molar-refractivity contribution in [2.24, 2.45) is 0 Å². The SMILES string of the molecule is O=C(/C=C/c1cc2c(cc1Br)OCO2)N1CCN(c2ccc(Cl)cc2)CC1. The van der Waals surface area contributed by atoms with Gasteiger partial charge in [-0.3, -0.25) is 4.79 Å². The summed E-state index contributed by atoms with van der Waals surface area (Å²) in [7, 11) is 0. The van der Waals surface area contributed by atoms with E-state index in [2.05, 4.69) is 20.8 Å². The highest BCUT2D eigenvalue weighted by Gasteiger charge is 2.20. The van der Waals surface area contributed by atoms with Crippen molar-refractivity contribution in [3.63, 3.8) is 0 Å². The fraction of sp³-hybridized carbons (Fsp3) is 0.250. The van der Waals surface area contributed by atoms with E-state index in [0.717, 1.165) is 33.8 Å². The van der Waals surface area contributed by atoms with Crippen LogP contribution in [0.4, 0.5) is 5.69 Å². The average molecular weight is 450 g/mol. The second kappa shape index (κ2) is 7.82. The Hall–Kier alpha value is -2.18. The monoisotopic (exact) mass is 448 g/mol. The Morgan fingerprint density at radius 1 is 1.04 bits per heavy atom. The number of ether oxygens (including phenoxy) is 2. The van der Waals surface area contributed by atoms with Gasteiger partial charge in [-0.05, 0) is 48.0 Å². The van der Waals surface area contributed by atoms with Crippen LogP contribution in [0.1, 0.15) is 5.56 Å². The highest BCUT2D eigenvalue weighted by Crippen LogP contribution is 2.37. The van der Waals surface area contributed by atoms with Crippen LogP contribution in [0.15, 0.2) is 46.9 Å². The fourth-order valence-corrected chi connectivity index (χ4v) is 3.74. The highest BCUT2D eigenvalue weighted by atomic mass is 79.9. The van der Waals surface area contributed by atoms with Gasteiger partial charge in [0.2, 0.25) is 12.7 Å². The van der Waals surface area contributed by atoms with Gasteiger partial charge in [-0.15, -0.1) is 0 Å². The van der Waals surface area contributed by atoms with E-state index in [-0.39, 0.29) is 12.7 Å². The summed E-state index contributed by atoms with van der Waals surface area (Å²) in [4.78, 5) is 16.7. The van der Waals surface area contributed by atoms with E-state index in [4.69, 9.17) is 21.1 Å². The lowest BCUT2D eigenvalue weighted by Gasteiger charge is -2.35. The van der Waals surface area contributed by atoms with Crippen LogP contribution in [0, 0.1) is 0 Å². The molecule has 140 valence electrons. The van der Waals surface area contributed by atoms with Crippen LogP contribution in [0.2, 0.25) is 5.02 Å². The predicted molar refractivity (Wildman–Crippen MR) is 110 cm³/mol. The molecule has 0 aliphatic carbocycles. The number of benzene rings is 2. The lowest BCUT2D eigenvalue weighted by molar-refractivity contribution is -0.126. The van der Waals surface area contributed by atoms with Gasteiger partial charge in [-0.1, -0.05) is 27.5 Å². The van der Waals surface area contributed by atoms with Gasteiger partial charge >= 0.3 is 0 Å². The summed E-state index contributed by atoms with van der Waals surface area (Å²) in [5, 5.41) is 0.729. The van der Waals surface area contributed by atoms with Crippen LogP contribution in [-0.2, 0) is 4.79 Å². The lowest BCUT2D eigenvalue weighted by Crippen LogP contribution is -2.48. The molecule has 1 saturated heterocycles. The number of hydrogen-bond acceptors (Lipinski definition) is 4. The zero-order chi connectivity index (χ0) is 18.8. The van der Waals surface area contributed by atoms with Crippen molar-refractivity contribution in [2.75, 3.05) is 37.9 Å². The molecule has 0 unspecified atom stereocenters. The van der Waals surface area contributed by atoms with E-state index in [1.54, 1.807) is 12.2 Å². The number of nitrogens with zero attached hydrogens (tertiary/aromatic N) is 2. The first-order valence-electron chi connectivity index (χ1n) is 8.67. The molecule has 4 rings (SSSR count). The van der Waals surface area contributed by atoms with Crippen LogP contribution in [0.25, 0.3) is 6.08 Å². The summed E-state index contributed by atoms with van der Waals surface area (Å²) in [6.45, 7) is 3.21. The third-order valence-corrected chi connectivity index (χ3v) is 5.62. The van der Waals surface area contributed by atoms with E-state index < -0.39 is 0 Å². The topological polar surface area (TPSA) is 42.0 Å². The second-order valence-electron chi connectivity index (χ2n) is 6.35. The molecule has 0 N–H and O–H groups in total. The van der Waals surface area contributed by atoms with Crippen molar-refractivity contribution in [3.05, 3.63) is 57.5 Å². The predicted octanol–water partition coefficient (Wildman–Crippen LogP) is 4.19. The minimum atomic E-state index is 0.00956. The molecular weight excluding hydrogens is 432 g/mol. The first-order chi connectivity index (χ1) is 13.1. The summed E-state index contributed by atoms with van der Waals surface area (Å²) >= 11 is 9.45. The molecule has 2 heterocycles. The minimum Gasteiger partial charge on any atom is -0.454 e. The lowest BCUT2D eigenvalue weighted by atomic mass is 10.2. The summed E-state index contributed by atoms with van der Waals surface area (Å²) < 4.78 is 11.6. The Morgan fingerprint density at radius 2 is 1.70 bits per heavy atom. The Balaban J connectivity index is 1.37. The number of carbonyl (C=O) groups excluding carboxylic acids is 1. The van der Waals surface area contributed by atoms with Crippen LogP contribution in [0.3, 0.4) is 0 Å². The van der Waals surface area contributed by atoms with Crippen molar-refractivity contribution in [1.29, 1.82) is 0 Å². The summed E-state index contributed by atoms with van der Waals surface area (Å²) in [5.74, 6) is 1.42. The molecule has 0 atom stereocenters. The van der Waals surface area contributed by atoms with Gasteiger partial charge in [-0.25, -0.2) is 0 Å². The van der Waals surface area contributed by atoms with Crippen molar-refractivity contribution >= 4 is 45.2 Å². The zero-order valence-corrected chi connectivity index (χ0v) is 16.9. The van der Waals surface area contributed by atoms with Crippen LogP contribution >= 0.6 is 27.5 Å². The third-order valence-electron chi connectivity index (χ3n) is 4.68. The first-order valence-corrected chi connectivity index (χ1v) is 9.84. The van der Waals surface area contributed by atoms with Crippen LogP contribution < -0.4 is 14.4 Å². The largest absolute Gasteiger partial charge is 0.454 e. The smallest absolute Gasteiger partial charge is 0.246 e. The number of hydrogen-bond donors (Lipinski definition) is 0. The molecule has 5 nitrogen and oxygen atoms in total. The summed E-state index contributed by atoms with van der Waals surface area (Å²) in [5.41, 5.74) is 2.01. The highest BCUT2D eigenvalue weighted by molar-refractivity contribution is 9.10. The molecule has 2 aromatic carbocycles. The van der Waals surface area contributed by atoms with Crippen molar-refractivity contribution in [3.8, 4) is 11.5 Å². The molecule has 7 heteroatoms. The van der Waals surface area contributed by atoms with E-state index in [1.165, 1.54) is 0 Å². The van der Waals surface area contributed by atoms with Gasteiger partial charge in [0.1, 0.15) is 0 Å². The standard InChI is InChI=1S/C20H18BrClN2O3/c21-17-12-19-18(26-13-27-19)11-14(17)1-6-20(25)24-9-7-23(8-10-24)16-4-2-15(22)3-5-16/h1-6,11-12H,7-10,13H2/b6-1+. The van der Waals surface area contributed by atoms with Crippen molar-refractivity contribution in [2.45, 2.75) is 0 Å². The normalized spacial score (nSPS) is 16.2. The molecule has 2 aliphatic heterocycles. The van der Waals surface area contributed by atoms with Crippen molar-refractivity contribution in [1.82, 2.24) is 4.90 Å². The third kappa shape index (κ3) is 4.06. The number of amides is 1. The van der Waals surface area contributed by atoms with E-state index in [0.29, 0.717) is 24.6 Å². The number of halogens is 2. The average Bonchev–Trinajstić information content (AvgIpc) is 3.13. The second-order valence-corrected chi connectivity index (χ2v) is 7.64. The maximum atomic E-state index is 12.5. The molecule has 27 heavy (non-hydrogen) atoms. The van der Waals surface area contributed by atoms with E-state index in [9.17, 15) is 4.79 Å². The van der Waals surface area contributed by atoms with E-state index >= 15 is 0 Å². The Labute approximate surface area is 171 Å².